The van der Waals surface area contributed by atoms with Crippen LogP contribution in [0.25, 0.3) is 16.2 Å². The van der Waals surface area contributed by atoms with Crippen LogP contribution in [0.2, 0.25) is 0 Å². The van der Waals surface area contributed by atoms with Crippen molar-refractivity contribution in [2.24, 2.45) is 0 Å². The molecule has 3 heterocycles. The molecule has 0 bridgehead atoms. The average Bonchev–Trinajstić information content (AvgIpc) is 3.37. The number of amides is 1. The predicted octanol–water partition coefficient (Wildman–Crippen LogP) is 4.14. The molecule has 2 aromatic carbocycles. The second kappa shape index (κ2) is 6.21. The van der Waals surface area contributed by atoms with Gasteiger partial charge in [0.05, 0.1) is 0 Å². The van der Waals surface area contributed by atoms with Gasteiger partial charge in [-0.2, -0.15) is 0 Å². The second-order valence-corrected chi connectivity index (χ2v) is 7.15. The van der Waals surface area contributed by atoms with E-state index in [1.807, 2.05) is 40.2 Å². The minimum absolute atomic E-state index is 0.234. The lowest BCUT2D eigenvalue weighted by atomic mass is 10.1. The summed E-state index contributed by atoms with van der Waals surface area (Å²) in [4.78, 5) is 18.2. The van der Waals surface area contributed by atoms with Crippen LogP contribution in [-0.4, -0.2) is 21.4 Å². The van der Waals surface area contributed by atoms with Crippen molar-refractivity contribution in [3.8, 4) is 17.0 Å². The van der Waals surface area contributed by atoms with Crippen LogP contribution in [-0.2, 0) is 11.2 Å². The Morgan fingerprint density at radius 1 is 1.22 bits per heavy atom. The summed E-state index contributed by atoms with van der Waals surface area (Å²) in [6, 6.07) is 13.7. The number of aromatic nitrogens is 2. The monoisotopic (exact) mass is 379 g/mol. The molecule has 1 amide bonds. The number of hydrogen-bond acceptors (Lipinski definition) is 4. The maximum Gasteiger partial charge on any atom is 0.266 e. The number of hydrogen-bond donors (Lipinski definition) is 1. The van der Waals surface area contributed by atoms with Crippen LogP contribution in [0, 0.1) is 5.82 Å². The Bertz CT molecular complexity index is 1120. The first-order valence-corrected chi connectivity index (χ1v) is 9.34. The summed E-state index contributed by atoms with van der Waals surface area (Å²) in [5.74, 6) is 0.748. The number of rotatable bonds is 3. The highest BCUT2D eigenvalue weighted by atomic mass is 32.1. The van der Waals surface area contributed by atoms with Crippen LogP contribution in [0.5, 0.6) is 5.75 Å². The molecule has 5 nitrogen and oxygen atoms in total. The normalized spacial score (nSPS) is 15.5. The molecule has 0 saturated carbocycles. The molecular formula is C20H14FN3O2S. The minimum Gasteiger partial charge on any atom is -0.480 e. The number of thiazole rings is 1. The lowest BCUT2D eigenvalue weighted by molar-refractivity contribution is -0.122. The number of nitrogens with one attached hydrogen (secondary N) is 1. The van der Waals surface area contributed by atoms with Gasteiger partial charge in [-0.3, -0.25) is 9.20 Å². The van der Waals surface area contributed by atoms with Crippen LogP contribution in [0.1, 0.15) is 5.56 Å². The SMILES string of the molecule is O=C(Nc1c(-c2ccc(F)cc2)nc2sccn12)[C@@H]1Cc2ccccc2O1. The van der Waals surface area contributed by atoms with Crippen molar-refractivity contribution in [3.05, 3.63) is 71.5 Å². The van der Waals surface area contributed by atoms with Crippen LogP contribution in [0.15, 0.2) is 60.1 Å². The van der Waals surface area contributed by atoms with Crippen LogP contribution in [0.3, 0.4) is 0 Å². The van der Waals surface area contributed by atoms with Crippen molar-refractivity contribution < 1.29 is 13.9 Å². The molecule has 0 saturated heterocycles. The summed E-state index contributed by atoms with van der Waals surface area (Å²) in [6.45, 7) is 0. The molecule has 4 aromatic rings. The maximum atomic E-state index is 13.3. The van der Waals surface area contributed by atoms with E-state index in [1.54, 1.807) is 12.1 Å². The first kappa shape index (κ1) is 16.0. The quantitative estimate of drug-likeness (QED) is 0.582. The molecule has 2 aromatic heterocycles. The molecule has 7 heteroatoms. The lowest BCUT2D eigenvalue weighted by Crippen LogP contribution is -2.32. The van der Waals surface area contributed by atoms with Gasteiger partial charge in [0.15, 0.2) is 11.1 Å². The van der Waals surface area contributed by atoms with Crippen LogP contribution >= 0.6 is 11.3 Å². The summed E-state index contributed by atoms with van der Waals surface area (Å²) in [6.07, 6.45) is 1.78. The topological polar surface area (TPSA) is 55.6 Å². The second-order valence-electron chi connectivity index (χ2n) is 6.28. The van der Waals surface area contributed by atoms with E-state index in [0.29, 0.717) is 17.9 Å². The fourth-order valence-electron chi connectivity index (χ4n) is 3.24. The van der Waals surface area contributed by atoms with E-state index < -0.39 is 6.10 Å². The van der Waals surface area contributed by atoms with E-state index in [9.17, 15) is 9.18 Å². The zero-order valence-electron chi connectivity index (χ0n) is 14.1. The number of nitrogens with zero attached hydrogens (tertiary/aromatic N) is 2. The highest BCUT2D eigenvalue weighted by molar-refractivity contribution is 7.15. The first-order valence-electron chi connectivity index (χ1n) is 8.46. The molecule has 0 spiro atoms. The molecule has 0 radical (unpaired) electrons. The van der Waals surface area contributed by atoms with Gasteiger partial charge in [-0.15, -0.1) is 11.3 Å². The van der Waals surface area contributed by atoms with Crippen LogP contribution < -0.4 is 10.1 Å². The Hall–Kier alpha value is -3.19. The fourth-order valence-corrected chi connectivity index (χ4v) is 3.95. The molecule has 27 heavy (non-hydrogen) atoms. The van der Waals surface area contributed by atoms with E-state index in [4.69, 9.17) is 4.74 Å². The fraction of sp³-hybridized carbons (Fsp3) is 0.100. The molecule has 0 aliphatic carbocycles. The molecule has 1 aliphatic heterocycles. The molecule has 134 valence electrons. The molecule has 1 N–H and O–H groups in total. The zero-order chi connectivity index (χ0) is 18.4. The average molecular weight is 379 g/mol. The van der Waals surface area contributed by atoms with E-state index in [1.165, 1.54) is 23.5 Å². The Balaban J connectivity index is 1.48. The third-order valence-electron chi connectivity index (χ3n) is 4.56. The van der Waals surface area contributed by atoms with E-state index >= 15 is 0 Å². The summed E-state index contributed by atoms with van der Waals surface area (Å²) < 4.78 is 20.9. The molecule has 0 fully saturated rings. The van der Waals surface area contributed by atoms with Gasteiger partial charge in [0.1, 0.15) is 23.1 Å². The van der Waals surface area contributed by atoms with E-state index in [-0.39, 0.29) is 11.7 Å². The number of anilines is 1. The minimum atomic E-state index is -0.590. The maximum absolute atomic E-state index is 13.3. The number of para-hydroxylation sites is 1. The van der Waals surface area contributed by atoms with Gasteiger partial charge >= 0.3 is 0 Å². The highest BCUT2D eigenvalue weighted by Gasteiger charge is 2.30. The van der Waals surface area contributed by atoms with E-state index in [2.05, 4.69) is 10.3 Å². The van der Waals surface area contributed by atoms with Crippen molar-refractivity contribution in [2.45, 2.75) is 12.5 Å². The van der Waals surface area contributed by atoms with Gasteiger partial charge in [-0.05, 0) is 35.9 Å². The highest BCUT2D eigenvalue weighted by Crippen LogP contribution is 2.33. The van der Waals surface area contributed by atoms with Gasteiger partial charge in [0.2, 0.25) is 0 Å². The summed E-state index contributed by atoms with van der Waals surface area (Å²) >= 11 is 1.46. The first-order chi connectivity index (χ1) is 13.2. The summed E-state index contributed by atoms with van der Waals surface area (Å²) in [7, 11) is 0. The number of halogens is 1. The van der Waals surface area contributed by atoms with Gasteiger partial charge in [-0.1, -0.05) is 18.2 Å². The van der Waals surface area contributed by atoms with Gasteiger partial charge in [-0.25, -0.2) is 9.37 Å². The Morgan fingerprint density at radius 3 is 2.85 bits per heavy atom. The molecule has 1 aliphatic rings. The van der Waals surface area contributed by atoms with Crippen molar-refractivity contribution in [2.75, 3.05) is 5.32 Å². The third-order valence-corrected chi connectivity index (χ3v) is 5.32. The summed E-state index contributed by atoms with van der Waals surface area (Å²) in [5.41, 5.74) is 2.36. The number of carbonyl (C=O) groups excluding carboxylic acids is 1. The van der Waals surface area contributed by atoms with E-state index in [0.717, 1.165) is 21.8 Å². The van der Waals surface area contributed by atoms with Gasteiger partial charge in [0, 0.05) is 23.6 Å². The standard InChI is InChI=1S/C20H14FN3O2S/c21-14-7-5-12(6-8-14)17-18(24-9-10-27-20(24)22-17)23-19(25)16-11-13-3-1-2-4-15(13)26-16/h1-10,16H,11H2,(H,23,25)/t16-/m0/s1. The number of ether oxygens (including phenoxy) is 1. The molecule has 0 unspecified atom stereocenters. The molecule has 1 atom stereocenters. The largest absolute Gasteiger partial charge is 0.480 e. The number of imidazole rings is 1. The van der Waals surface area contributed by atoms with Crippen LogP contribution in [0.4, 0.5) is 10.2 Å². The number of carbonyl (C=O) groups is 1. The number of fused-ring (bicyclic) bond motifs is 2. The van der Waals surface area contributed by atoms with Crippen molar-refractivity contribution in [1.82, 2.24) is 9.38 Å². The Labute approximate surface area is 158 Å². The lowest BCUT2D eigenvalue weighted by Gasteiger charge is -2.12. The zero-order valence-corrected chi connectivity index (χ0v) is 14.9. The van der Waals surface area contributed by atoms with Crippen molar-refractivity contribution in [1.29, 1.82) is 0 Å². The smallest absolute Gasteiger partial charge is 0.266 e. The summed E-state index contributed by atoms with van der Waals surface area (Å²) in [5, 5.41) is 4.86. The molecular weight excluding hydrogens is 365 g/mol. The van der Waals surface area contributed by atoms with Crippen molar-refractivity contribution in [3.63, 3.8) is 0 Å². The predicted molar refractivity (Wildman–Crippen MR) is 102 cm³/mol. The Morgan fingerprint density at radius 2 is 2.04 bits per heavy atom. The van der Waals surface area contributed by atoms with Crippen molar-refractivity contribution >= 4 is 28.0 Å². The van der Waals surface area contributed by atoms with Gasteiger partial charge < -0.3 is 10.1 Å². The van der Waals surface area contributed by atoms with Gasteiger partial charge in [0.25, 0.3) is 5.91 Å². The third kappa shape index (κ3) is 2.76. The molecule has 5 rings (SSSR count). The Kier molecular flexibility index (Phi) is 3.68. The number of benzene rings is 2.